The Hall–Kier alpha value is -1.48. The molecule has 0 spiro atoms. The summed E-state index contributed by atoms with van der Waals surface area (Å²) in [6, 6.07) is 1.69. The van der Waals surface area contributed by atoms with Crippen LogP contribution in [0.4, 0.5) is 5.82 Å². The zero-order chi connectivity index (χ0) is 13.8. The minimum atomic E-state index is -0.677. The first-order valence-electron chi connectivity index (χ1n) is 5.96. The van der Waals surface area contributed by atoms with Crippen molar-refractivity contribution in [1.82, 2.24) is 14.5 Å². The maximum absolute atomic E-state index is 11.9. The summed E-state index contributed by atoms with van der Waals surface area (Å²) in [7, 11) is 3.82. The monoisotopic (exact) mass is 270 g/mol. The van der Waals surface area contributed by atoms with Gasteiger partial charge in [-0.05, 0) is 20.2 Å². The van der Waals surface area contributed by atoms with Crippen molar-refractivity contribution in [2.45, 2.75) is 12.5 Å². The molecule has 1 saturated heterocycles. The number of aliphatic hydroxyl groups excluding tert-OH is 1. The number of ether oxygens (including phenoxy) is 2. The Balaban J connectivity index is 2.05. The summed E-state index contributed by atoms with van der Waals surface area (Å²) in [5.74, 6) is 0.507. The highest BCUT2D eigenvalue weighted by Crippen LogP contribution is 2.18. The van der Waals surface area contributed by atoms with E-state index in [1.54, 1.807) is 12.3 Å². The largest absolute Gasteiger partial charge is 0.391 e. The lowest BCUT2D eigenvalue weighted by atomic mass is 10.5. The highest BCUT2D eigenvalue weighted by Gasteiger charge is 2.27. The van der Waals surface area contributed by atoms with Crippen LogP contribution >= 0.6 is 0 Å². The normalized spacial score (nSPS) is 22.9. The first-order valence-corrected chi connectivity index (χ1v) is 5.96. The molecular weight excluding hydrogens is 252 g/mol. The van der Waals surface area contributed by atoms with Gasteiger partial charge in [0, 0.05) is 6.20 Å². The zero-order valence-electron chi connectivity index (χ0n) is 10.9. The van der Waals surface area contributed by atoms with Crippen LogP contribution in [0.1, 0.15) is 6.23 Å². The van der Waals surface area contributed by atoms with Crippen LogP contribution < -0.4 is 11.0 Å². The van der Waals surface area contributed by atoms with E-state index < -0.39 is 18.2 Å². The van der Waals surface area contributed by atoms with Crippen molar-refractivity contribution in [1.29, 1.82) is 0 Å². The minimum Gasteiger partial charge on any atom is -0.391 e. The molecule has 106 valence electrons. The second-order valence-corrected chi connectivity index (χ2v) is 4.45. The quantitative estimate of drug-likeness (QED) is 0.666. The minimum absolute atomic E-state index is 0.220. The fourth-order valence-corrected chi connectivity index (χ4v) is 1.65. The number of hydrogen-bond acceptors (Lipinski definition) is 7. The summed E-state index contributed by atoms with van der Waals surface area (Å²) in [5, 5.41) is 11.9. The molecule has 1 fully saturated rings. The number of aromatic nitrogens is 2. The van der Waals surface area contributed by atoms with Crippen LogP contribution in [-0.4, -0.2) is 59.8 Å². The first kappa shape index (κ1) is 13.9. The Kier molecular flexibility index (Phi) is 4.48. The van der Waals surface area contributed by atoms with Gasteiger partial charge in [-0.25, -0.2) is 4.79 Å². The Morgan fingerprint density at radius 3 is 3.00 bits per heavy atom. The molecule has 2 unspecified atom stereocenters. The molecule has 2 rings (SSSR count). The van der Waals surface area contributed by atoms with Crippen molar-refractivity contribution in [2.75, 3.05) is 39.3 Å². The van der Waals surface area contributed by atoms with E-state index in [4.69, 9.17) is 14.6 Å². The van der Waals surface area contributed by atoms with E-state index in [2.05, 4.69) is 10.3 Å². The van der Waals surface area contributed by atoms with E-state index in [0.717, 1.165) is 0 Å². The molecule has 8 heteroatoms. The summed E-state index contributed by atoms with van der Waals surface area (Å²) in [6.07, 6.45) is 0.379. The van der Waals surface area contributed by atoms with Gasteiger partial charge in [0.2, 0.25) is 0 Å². The molecule has 0 radical (unpaired) electrons. The van der Waals surface area contributed by atoms with Crippen molar-refractivity contribution in [3.8, 4) is 0 Å². The third-order valence-corrected chi connectivity index (χ3v) is 2.60. The van der Waals surface area contributed by atoms with Crippen LogP contribution in [0.25, 0.3) is 0 Å². The van der Waals surface area contributed by atoms with Gasteiger partial charge in [0.25, 0.3) is 0 Å². The van der Waals surface area contributed by atoms with E-state index in [0.29, 0.717) is 12.5 Å². The van der Waals surface area contributed by atoms with Gasteiger partial charge in [-0.15, -0.1) is 0 Å². The van der Waals surface area contributed by atoms with Gasteiger partial charge >= 0.3 is 5.69 Å². The Labute approximate surface area is 110 Å². The molecule has 1 aliphatic rings. The second-order valence-electron chi connectivity index (χ2n) is 4.45. The predicted molar refractivity (Wildman–Crippen MR) is 67.6 cm³/mol. The lowest BCUT2D eigenvalue weighted by Crippen LogP contribution is -2.30. The number of hydrogen-bond donors (Lipinski definition) is 2. The van der Waals surface area contributed by atoms with Crippen LogP contribution in [0.3, 0.4) is 0 Å². The molecule has 19 heavy (non-hydrogen) atoms. The van der Waals surface area contributed by atoms with Gasteiger partial charge in [0.05, 0.1) is 19.9 Å². The molecule has 2 atom stereocenters. The van der Waals surface area contributed by atoms with Crippen LogP contribution in [0.5, 0.6) is 0 Å². The highest BCUT2D eigenvalue weighted by molar-refractivity contribution is 5.31. The lowest BCUT2D eigenvalue weighted by molar-refractivity contribution is -0.0992. The molecule has 0 amide bonds. The summed E-state index contributed by atoms with van der Waals surface area (Å²) in [5.41, 5.74) is -0.420. The maximum Gasteiger partial charge on any atom is 0.351 e. The molecule has 1 aromatic heterocycles. The Morgan fingerprint density at radius 1 is 1.63 bits per heavy atom. The summed E-state index contributed by atoms with van der Waals surface area (Å²) in [6.45, 7) is 0.574. The standard InChI is InChI=1S/C11H18N4O4/c1-14(2)7-12-8-3-4-15(11(17)13-8)9-6-18-10(5-16)19-9/h3-4,9-10,16H,5-7H2,1-2H3,(H,12,13,17). The van der Waals surface area contributed by atoms with Crippen molar-refractivity contribution in [3.63, 3.8) is 0 Å². The van der Waals surface area contributed by atoms with E-state index in [-0.39, 0.29) is 13.2 Å². The number of nitrogens with zero attached hydrogens (tertiary/aromatic N) is 3. The topological polar surface area (TPSA) is 88.9 Å². The molecular formula is C11H18N4O4. The van der Waals surface area contributed by atoms with Gasteiger partial charge < -0.3 is 19.9 Å². The average Bonchev–Trinajstić information content (AvgIpc) is 2.85. The van der Waals surface area contributed by atoms with Crippen molar-refractivity contribution in [2.24, 2.45) is 0 Å². The van der Waals surface area contributed by atoms with Gasteiger partial charge in [-0.2, -0.15) is 4.98 Å². The van der Waals surface area contributed by atoms with Crippen LogP contribution in [0.2, 0.25) is 0 Å². The number of nitrogens with one attached hydrogen (secondary N) is 1. The van der Waals surface area contributed by atoms with Crippen molar-refractivity contribution in [3.05, 3.63) is 22.7 Å². The fraction of sp³-hybridized carbons (Fsp3) is 0.636. The Morgan fingerprint density at radius 2 is 2.42 bits per heavy atom. The zero-order valence-corrected chi connectivity index (χ0v) is 10.9. The summed E-state index contributed by atoms with van der Waals surface area (Å²) in [4.78, 5) is 17.7. The second kappa shape index (κ2) is 6.11. The van der Waals surface area contributed by atoms with E-state index >= 15 is 0 Å². The van der Waals surface area contributed by atoms with Crippen LogP contribution in [-0.2, 0) is 9.47 Å². The molecule has 8 nitrogen and oxygen atoms in total. The van der Waals surface area contributed by atoms with E-state index in [9.17, 15) is 4.79 Å². The predicted octanol–water partition coefficient (Wildman–Crippen LogP) is -0.962. The van der Waals surface area contributed by atoms with Gasteiger partial charge in [-0.1, -0.05) is 0 Å². The number of anilines is 1. The maximum atomic E-state index is 11.9. The van der Waals surface area contributed by atoms with E-state index in [1.807, 2.05) is 19.0 Å². The average molecular weight is 270 g/mol. The summed E-state index contributed by atoms with van der Waals surface area (Å²) < 4.78 is 11.8. The van der Waals surface area contributed by atoms with Crippen LogP contribution in [0.15, 0.2) is 17.1 Å². The van der Waals surface area contributed by atoms with Gasteiger partial charge in [-0.3, -0.25) is 9.47 Å². The molecule has 0 bridgehead atoms. The molecule has 2 N–H and O–H groups in total. The number of rotatable bonds is 5. The molecule has 1 aliphatic heterocycles. The Bertz CT molecular complexity index is 476. The molecule has 0 aromatic carbocycles. The lowest BCUT2D eigenvalue weighted by Gasteiger charge is -2.14. The van der Waals surface area contributed by atoms with Crippen molar-refractivity contribution >= 4 is 5.82 Å². The summed E-state index contributed by atoms with van der Waals surface area (Å²) >= 11 is 0. The molecule has 1 aromatic rings. The molecule has 2 heterocycles. The number of aliphatic hydroxyl groups is 1. The third kappa shape index (κ3) is 3.51. The van der Waals surface area contributed by atoms with E-state index in [1.165, 1.54) is 4.57 Å². The molecule has 0 saturated carbocycles. The third-order valence-electron chi connectivity index (χ3n) is 2.60. The molecule has 0 aliphatic carbocycles. The van der Waals surface area contributed by atoms with Crippen molar-refractivity contribution < 1.29 is 14.6 Å². The van der Waals surface area contributed by atoms with Crippen LogP contribution in [0, 0.1) is 0 Å². The smallest absolute Gasteiger partial charge is 0.351 e. The van der Waals surface area contributed by atoms with Gasteiger partial charge in [0.1, 0.15) is 5.82 Å². The SMILES string of the molecule is CN(C)CNc1ccn(C2COC(CO)O2)c(=O)n1. The fourth-order valence-electron chi connectivity index (χ4n) is 1.65. The highest BCUT2D eigenvalue weighted by atomic mass is 16.7. The van der Waals surface area contributed by atoms with Gasteiger partial charge in [0.15, 0.2) is 12.5 Å². The first-order chi connectivity index (χ1) is 9.10.